The van der Waals surface area contributed by atoms with Crippen molar-refractivity contribution < 1.29 is 0 Å². The summed E-state index contributed by atoms with van der Waals surface area (Å²) in [4.78, 5) is 0. The molecule has 0 aliphatic carbocycles. The van der Waals surface area contributed by atoms with E-state index in [1.54, 1.807) is 28.2 Å². The first-order valence-electron chi connectivity index (χ1n) is 8.62. The molecule has 0 aromatic rings. The van der Waals surface area contributed by atoms with E-state index in [0.29, 0.717) is 0 Å². The Morgan fingerprint density at radius 2 is 0.500 bits per heavy atom. The average Bonchev–Trinajstić information content (AvgIpc) is 2.56. The van der Waals surface area contributed by atoms with Crippen LogP contribution in [-0.2, 0) is 0 Å². The molecule has 4 heteroatoms. The van der Waals surface area contributed by atoms with Gasteiger partial charge in [-0.3, -0.25) is 0 Å². The minimum absolute atomic E-state index is 0. The summed E-state index contributed by atoms with van der Waals surface area (Å²) in [5.41, 5.74) is 0. The Morgan fingerprint density at radius 1 is 0.458 bits per heavy atom. The molecule has 0 rings (SSSR count). The van der Waals surface area contributed by atoms with Gasteiger partial charge in [-0.15, -0.1) is 0 Å². The second-order valence-corrected chi connectivity index (χ2v) is 4.31. The molecule has 0 saturated heterocycles. The zero-order valence-corrected chi connectivity index (χ0v) is 20.8. The monoisotopic (exact) mass is 370 g/mol. The van der Waals surface area contributed by atoms with Crippen molar-refractivity contribution in [3.63, 3.8) is 0 Å². The van der Waals surface area contributed by atoms with Crippen molar-refractivity contribution in [2.75, 3.05) is 28.2 Å². The van der Waals surface area contributed by atoms with Gasteiger partial charge in [-0.2, -0.15) is 53.9 Å². The zero-order valence-electron chi connectivity index (χ0n) is 18.5. The molecule has 0 spiro atoms. The van der Waals surface area contributed by atoms with Gasteiger partial charge in [0.1, 0.15) is 0 Å². The zero-order chi connectivity index (χ0) is 19.1. The number of hydrogen-bond donors (Lipinski definition) is 0. The number of nitrogens with zero attached hydrogens (tertiary/aromatic N) is 2. The second kappa shape index (κ2) is 105. The van der Waals surface area contributed by atoms with Crippen LogP contribution in [-0.4, -0.2) is 62.9 Å². The molecule has 0 amide bonds. The van der Waals surface area contributed by atoms with Crippen molar-refractivity contribution in [1.29, 1.82) is 0 Å². The van der Waals surface area contributed by atoms with Gasteiger partial charge in [-0.05, 0) is 0 Å². The van der Waals surface area contributed by atoms with Crippen molar-refractivity contribution in [1.82, 2.24) is 0 Å². The van der Waals surface area contributed by atoms with E-state index in [2.05, 4.69) is 66.0 Å². The quantitative estimate of drug-likeness (QED) is 0.378. The molecule has 0 aliphatic heterocycles. The van der Waals surface area contributed by atoms with E-state index in [1.807, 2.05) is 0 Å². The maximum absolute atomic E-state index is 3.60. The van der Waals surface area contributed by atoms with E-state index in [0.717, 1.165) is 25.7 Å². The van der Waals surface area contributed by atoms with Crippen molar-refractivity contribution in [2.24, 2.45) is 0 Å². The molecule has 0 radical (unpaired) electrons. The first kappa shape index (κ1) is 49.8. The van der Waals surface area contributed by atoms with Crippen molar-refractivity contribution in [2.45, 2.75) is 79.1 Å². The molecule has 0 aromatic heterocycles. The summed E-state index contributed by atoms with van der Waals surface area (Å²) >= 11 is 0. The largest absolute Gasteiger partial charge is 3.00 e. The van der Waals surface area contributed by atoms with Crippen LogP contribution >= 0.6 is 0 Å². The van der Waals surface area contributed by atoms with Gasteiger partial charge in [-0.1, -0.05) is 53.4 Å². The first-order chi connectivity index (χ1) is 10.5. The summed E-state index contributed by atoms with van der Waals surface area (Å²) in [5.74, 6) is 0. The average molecular weight is 371 g/mol. The molecule has 0 heterocycles. The predicted molar refractivity (Wildman–Crippen MR) is 123 cm³/mol. The number of rotatable bonds is 4. The predicted octanol–water partition coefficient (Wildman–Crippen LogP) is 6.96. The Hall–Kier alpha value is 0.985. The van der Waals surface area contributed by atoms with Gasteiger partial charge < -0.3 is 38.3 Å². The molecule has 144 valence electrons. The molecule has 0 aliphatic rings. The van der Waals surface area contributed by atoms with Gasteiger partial charge in [0.05, 0.1) is 0 Å². The van der Waals surface area contributed by atoms with Crippen molar-refractivity contribution >= 4 is 34.7 Å². The Balaban J connectivity index is -0.0000000211. The minimum Gasteiger partial charge on any atom is -0.668 e. The Morgan fingerprint density at radius 3 is 0.500 bits per heavy atom. The summed E-state index contributed by atoms with van der Waals surface area (Å²) < 4.78 is 0. The fraction of sp³-hybridized carbons (Fsp3) is 0.800. The van der Waals surface area contributed by atoms with E-state index in [4.69, 9.17) is 0 Å². The van der Waals surface area contributed by atoms with Crippen LogP contribution in [0.25, 0.3) is 10.6 Å². The summed E-state index contributed by atoms with van der Waals surface area (Å²) in [5, 5.41) is 7.00. The topological polar surface area (TPSA) is 28.2 Å². The maximum atomic E-state index is 3.60. The molecular formula is C20H48Al2N2. The summed E-state index contributed by atoms with van der Waals surface area (Å²) in [7, 11) is 7.00. The molecule has 2 nitrogen and oxygen atoms in total. The fourth-order valence-electron chi connectivity index (χ4n) is 0. The maximum Gasteiger partial charge on any atom is 3.00 e. The van der Waals surface area contributed by atoms with Gasteiger partial charge in [0.15, 0.2) is 0 Å². The third-order valence-corrected chi connectivity index (χ3v) is 1.41. The smallest absolute Gasteiger partial charge is 0.668 e. The minimum atomic E-state index is 0. The summed E-state index contributed by atoms with van der Waals surface area (Å²) in [6.45, 7) is 22.9. The van der Waals surface area contributed by atoms with Crippen molar-refractivity contribution in [3.8, 4) is 0 Å². The molecule has 0 saturated carbocycles. The van der Waals surface area contributed by atoms with Crippen LogP contribution in [0.5, 0.6) is 0 Å². The molecular weight excluding hydrogens is 322 g/mol. The van der Waals surface area contributed by atoms with Gasteiger partial charge in [0.2, 0.25) is 0 Å². The molecule has 0 N–H and O–H groups in total. The van der Waals surface area contributed by atoms with E-state index >= 15 is 0 Å². The second-order valence-electron chi connectivity index (χ2n) is 4.31. The van der Waals surface area contributed by atoms with Crippen molar-refractivity contribution in [3.05, 3.63) is 38.3 Å². The van der Waals surface area contributed by atoms with Crippen LogP contribution in [0.3, 0.4) is 0 Å². The molecule has 0 atom stereocenters. The normalized spacial score (nSPS) is 6.50. The van der Waals surface area contributed by atoms with Gasteiger partial charge >= 0.3 is 34.7 Å². The standard InChI is InChI=1S/4C4H9.2C2H6N.2Al/c4*1-3-4-2;2*1-3-2;;/h4*1,3-4H2,2H3;2*1-2H3;;/q6*-1;2*+3. The van der Waals surface area contributed by atoms with E-state index in [1.165, 1.54) is 25.7 Å². The Bertz CT molecular complexity index is 60.0. The van der Waals surface area contributed by atoms with Gasteiger partial charge in [0.25, 0.3) is 0 Å². The van der Waals surface area contributed by atoms with E-state index < -0.39 is 0 Å². The third kappa shape index (κ3) is 447. The Labute approximate surface area is 180 Å². The van der Waals surface area contributed by atoms with Crippen LogP contribution in [0, 0.1) is 27.7 Å². The molecule has 24 heavy (non-hydrogen) atoms. The summed E-state index contributed by atoms with van der Waals surface area (Å²) in [6.07, 6.45) is 9.11. The van der Waals surface area contributed by atoms with Gasteiger partial charge in [-0.25, -0.2) is 0 Å². The van der Waals surface area contributed by atoms with Crippen LogP contribution in [0.15, 0.2) is 0 Å². The summed E-state index contributed by atoms with van der Waals surface area (Å²) in [6, 6.07) is 0. The van der Waals surface area contributed by atoms with Crippen LogP contribution in [0.2, 0.25) is 0 Å². The third-order valence-electron chi connectivity index (χ3n) is 1.41. The number of unbranched alkanes of at least 4 members (excludes halogenated alkanes) is 4. The fourth-order valence-corrected chi connectivity index (χ4v) is 0. The SMILES string of the molecule is C[N-]C.C[N-]C.[Al+3].[Al+3].[CH2-]CCC.[CH2-]CCC.[CH2-]CCC.[CH2-]CCC. The molecule has 0 fully saturated rings. The van der Waals surface area contributed by atoms with Crippen LogP contribution < -0.4 is 0 Å². The number of hydrogen-bond acceptors (Lipinski definition) is 0. The first-order valence-corrected chi connectivity index (χ1v) is 8.62. The van der Waals surface area contributed by atoms with E-state index in [-0.39, 0.29) is 34.7 Å². The van der Waals surface area contributed by atoms with E-state index in [9.17, 15) is 0 Å². The molecule has 0 bridgehead atoms. The van der Waals surface area contributed by atoms with Crippen LogP contribution in [0.4, 0.5) is 0 Å². The van der Waals surface area contributed by atoms with Crippen LogP contribution in [0.1, 0.15) is 79.1 Å². The molecule has 0 unspecified atom stereocenters. The Kier molecular flexibility index (Phi) is 218. The molecule has 0 aromatic carbocycles. The van der Waals surface area contributed by atoms with Gasteiger partial charge in [0, 0.05) is 0 Å².